The topological polar surface area (TPSA) is 17.1 Å². The highest BCUT2D eigenvalue weighted by molar-refractivity contribution is 7.08. The Kier molecular flexibility index (Phi) is 3.62. The molecule has 58 valence electrons. The fourth-order valence-electron chi connectivity index (χ4n) is 0.754. The first kappa shape index (κ1) is 8.21. The number of hydrogen-bond donors (Lipinski definition) is 0. The predicted molar refractivity (Wildman–Crippen MR) is 48.7 cm³/mol. The van der Waals surface area contributed by atoms with Crippen LogP contribution in [0.15, 0.2) is 22.9 Å². The molecule has 0 aliphatic carbocycles. The van der Waals surface area contributed by atoms with Gasteiger partial charge in [-0.05, 0) is 28.8 Å². The molecule has 0 spiro atoms. The maximum atomic E-state index is 9.93. The van der Waals surface area contributed by atoms with Crippen molar-refractivity contribution in [3.8, 4) is 0 Å². The summed E-state index contributed by atoms with van der Waals surface area (Å²) in [6, 6.07) is 2.06. The first-order valence-electron chi connectivity index (χ1n) is 3.56. The molecule has 0 N–H and O–H groups in total. The Labute approximate surface area is 70.4 Å². The van der Waals surface area contributed by atoms with Gasteiger partial charge >= 0.3 is 0 Å². The number of thiophene rings is 1. The molecule has 1 heterocycles. The molecule has 1 aromatic rings. The van der Waals surface area contributed by atoms with Crippen LogP contribution in [0.5, 0.6) is 0 Å². The summed E-state index contributed by atoms with van der Waals surface area (Å²) < 4.78 is 0. The van der Waals surface area contributed by atoms with Crippen LogP contribution in [0.2, 0.25) is 0 Å². The van der Waals surface area contributed by atoms with Crippen LogP contribution in [-0.4, -0.2) is 6.29 Å². The minimum absolute atomic E-state index is 0.626. The number of carbonyl (C=O) groups excluding carboxylic acids is 1. The Morgan fingerprint density at radius 2 is 2.36 bits per heavy atom. The van der Waals surface area contributed by atoms with E-state index in [2.05, 4.69) is 11.4 Å². The van der Waals surface area contributed by atoms with E-state index >= 15 is 0 Å². The van der Waals surface area contributed by atoms with Crippen LogP contribution in [0.4, 0.5) is 0 Å². The summed E-state index contributed by atoms with van der Waals surface area (Å²) in [5.41, 5.74) is 1.22. The van der Waals surface area contributed by atoms with Crippen molar-refractivity contribution < 1.29 is 4.79 Å². The third kappa shape index (κ3) is 3.14. The van der Waals surface area contributed by atoms with E-state index in [0.717, 1.165) is 12.7 Å². The lowest BCUT2D eigenvalue weighted by Gasteiger charge is -1.82. The molecule has 0 aliphatic heterocycles. The second-order valence-corrected chi connectivity index (χ2v) is 2.98. The quantitative estimate of drug-likeness (QED) is 0.496. The van der Waals surface area contributed by atoms with Crippen molar-refractivity contribution in [3.63, 3.8) is 0 Å². The highest BCUT2D eigenvalue weighted by atomic mass is 32.1. The van der Waals surface area contributed by atoms with Crippen molar-refractivity contribution in [1.29, 1.82) is 0 Å². The summed E-state index contributed by atoms with van der Waals surface area (Å²) in [5.74, 6) is 0. The first-order valence-corrected chi connectivity index (χ1v) is 4.50. The van der Waals surface area contributed by atoms with Gasteiger partial charge in [-0.25, -0.2) is 0 Å². The summed E-state index contributed by atoms with van der Waals surface area (Å²) in [5, 5.41) is 4.12. The monoisotopic (exact) mass is 166 g/mol. The van der Waals surface area contributed by atoms with Crippen LogP contribution >= 0.6 is 11.3 Å². The summed E-state index contributed by atoms with van der Waals surface area (Å²) in [4.78, 5) is 9.93. The number of unbranched alkanes of at least 4 members (excludes halogenated alkanes) is 1. The highest BCUT2D eigenvalue weighted by Gasteiger charge is 1.83. The lowest BCUT2D eigenvalue weighted by molar-refractivity contribution is -0.107. The summed E-state index contributed by atoms with van der Waals surface area (Å²) in [6.45, 7) is 0. The molecule has 0 fully saturated rings. The molecule has 1 nitrogen and oxygen atoms in total. The van der Waals surface area contributed by atoms with Crippen molar-refractivity contribution in [3.05, 3.63) is 28.5 Å². The van der Waals surface area contributed by atoms with Crippen LogP contribution in [0.25, 0.3) is 6.08 Å². The summed E-state index contributed by atoms with van der Waals surface area (Å²) in [6.07, 6.45) is 6.48. The Bertz CT molecular complexity index is 224. The Balaban J connectivity index is 2.31. The van der Waals surface area contributed by atoms with Gasteiger partial charge in [-0.3, -0.25) is 0 Å². The molecule has 0 radical (unpaired) electrons. The van der Waals surface area contributed by atoms with Gasteiger partial charge in [0.05, 0.1) is 0 Å². The van der Waals surface area contributed by atoms with Crippen LogP contribution in [0.1, 0.15) is 18.4 Å². The zero-order valence-corrected chi connectivity index (χ0v) is 7.01. The third-order valence-electron chi connectivity index (χ3n) is 1.30. The van der Waals surface area contributed by atoms with Gasteiger partial charge in [0.1, 0.15) is 6.29 Å². The largest absolute Gasteiger partial charge is 0.303 e. The molecule has 0 amide bonds. The Hall–Kier alpha value is -0.890. The minimum Gasteiger partial charge on any atom is -0.303 e. The molecular formula is C9H10OS. The number of allylic oxidation sites excluding steroid dienone is 1. The predicted octanol–water partition coefficient (Wildman–Crippen LogP) is 2.74. The molecule has 0 saturated carbocycles. The van der Waals surface area contributed by atoms with Gasteiger partial charge in [0, 0.05) is 6.42 Å². The molecule has 0 bridgehead atoms. The lowest BCUT2D eigenvalue weighted by atomic mass is 10.2. The van der Waals surface area contributed by atoms with Crippen LogP contribution < -0.4 is 0 Å². The Morgan fingerprint density at radius 3 is 3.00 bits per heavy atom. The fraction of sp³-hybridized carbons (Fsp3) is 0.222. The fourth-order valence-corrected chi connectivity index (χ4v) is 1.38. The van der Waals surface area contributed by atoms with E-state index in [9.17, 15) is 4.79 Å². The van der Waals surface area contributed by atoms with Gasteiger partial charge in [0.25, 0.3) is 0 Å². The van der Waals surface area contributed by atoms with Crippen molar-refractivity contribution in [1.82, 2.24) is 0 Å². The molecule has 0 aliphatic rings. The number of aldehydes is 1. The van der Waals surface area contributed by atoms with E-state index in [1.54, 1.807) is 11.3 Å². The number of hydrogen-bond acceptors (Lipinski definition) is 2. The van der Waals surface area contributed by atoms with E-state index in [0.29, 0.717) is 6.42 Å². The van der Waals surface area contributed by atoms with Crippen LogP contribution in [0, 0.1) is 0 Å². The van der Waals surface area contributed by atoms with Gasteiger partial charge in [0.2, 0.25) is 0 Å². The van der Waals surface area contributed by atoms with E-state index < -0.39 is 0 Å². The van der Waals surface area contributed by atoms with Gasteiger partial charge in [-0.1, -0.05) is 12.2 Å². The minimum atomic E-state index is 0.626. The first-order chi connectivity index (χ1) is 5.43. The van der Waals surface area contributed by atoms with Crippen molar-refractivity contribution in [2.75, 3.05) is 0 Å². The SMILES string of the molecule is O=CCC/C=C/c1ccsc1. The van der Waals surface area contributed by atoms with E-state index in [1.807, 2.05) is 17.5 Å². The normalized spacial score (nSPS) is 10.5. The molecule has 0 saturated heterocycles. The molecule has 0 atom stereocenters. The van der Waals surface area contributed by atoms with Crippen molar-refractivity contribution >= 4 is 23.7 Å². The van der Waals surface area contributed by atoms with E-state index in [4.69, 9.17) is 0 Å². The molecule has 0 aromatic carbocycles. The molecular weight excluding hydrogens is 156 g/mol. The smallest absolute Gasteiger partial charge is 0.120 e. The summed E-state index contributed by atoms with van der Waals surface area (Å²) in [7, 11) is 0. The molecule has 2 heteroatoms. The van der Waals surface area contributed by atoms with E-state index in [-0.39, 0.29) is 0 Å². The lowest BCUT2D eigenvalue weighted by Crippen LogP contribution is -1.69. The molecule has 0 unspecified atom stereocenters. The van der Waals surface area contributed by atoms with Crippen LogP contribution in [0.3, 0.4) is 0 Å². The average Bonchev–Trinajstić information content (AvgIpc) is 2.50. The Morgan fingerprint density at radius 1 is 1.45 bits per heavy atom. The second kappa shape index (κ2) is 4.85. The van der Waals surface area contributed by atoms with Gasteiger partial charge in [0.15, 0.2) is 0 Å². The van der Waals surface area contributed by atoms with Crippen LogP contribution in [-0.2, 0) is 4.79 Å². The van der Waals surface area contributed by atoms with Crippen molar-refractivity contribution in [2.24, 2.45) is 0 Å². The molecule has 1 aromatic heterocycles. The zero-order valence-electron chi connectivity index (χ0n) is 6.19. The van der Waals surface area contributed by atoms with Crippen molar-refractivity contribution in [2.45, 2.75) is 12.8 Å². The van der Waals surface area contributed by atoms with Gasteiger partial charge in [-0.15, -0.1) is 0 Å². The molecule has 1 rings (SSSR count). The average molecular weight is 166 g/mol. The van der Waals surface area contributed by atoms with E-state index in [1.165, 1.54) is 5.56 Å². The number of carbonyl (C=O) groups is 1. The highest BCUT2D eigenvalue weighted by Crippen LogP contribution is 2.08. The summed E-state index contributed by atoms with van der Waals surface area (Å²) >= 11 is 1.68. The maximum Gasteiger partial charge on any atom is 0.120 e. The third-order valence-corrected chi connectivity index (χ3v) is 2.01. The van der Waals surface area contributed by atoms with Gasteiger partial charge < -0.3 is 4.79 Å². The molecule has 11 heavy (non-hydrogen) atoms. The second-order valence-electron chi connectivity index (χ2n) is 2.20. The number of rotatable bonds is 4. The standard InChI is InChI=1S/C9H10OS/c10-6-3-1-2-4-9-5-7-11-8-9/h2,4-8H,1,3H2/b4-2+. The maximum absolute atomic E-state index is 9.93. The van der Waals surface area contributed by atoms with Gasteiger partial charge in [-0.2, -0.15) is 11.3 Å². The zero-order chi connectivity index (χ0) is 7.94.